The molecule has 5 aromatic rings. The Morgan fingerprint density at radius 3 is 2.70 bits per heavy atom. The van der Waals surface area contributed by atoms with Crippen molar-refractivity contribution in [1.82, 2.24) is 24.7 Å². The minimum Gasteiger partial charge on any atom is -0.338 e. The molecule has 0 radical (unpaired) electrons. The molecule has 0 spiro atoms. The quantitative estimate of drug-likeness (QED) is 0.462. The molecule has 27 heavy (non-hydrogen) atoms. The van der Waals surface area contributed by atoms with Gasteiger partial charge in [0.2, 0.25) is 0 Å². The van der Waals surface area contributed by atoms with Gasteiger partial charge in [0.25, 0.3) is 0 Å². The number of nitrogens with zero attached hydrogens (tertiary/aromatic N) is 5. The van der Waals surface area contributed by atoms with E-state index in [2.05, 4.69) is 25.4 Å². The minimum absolute atomic E-state index is 0.403. The van der Waals surface area contributed by atoms with E-state index in [1.54, 1.807) is 6.07 Å². The molecule has 3 aromatic heterocycles. The second-order valence-corrected chi connectivity index (χ2v) is 6.40. The molecule has 0 unspecified atom stereocenters. The van der Waals surface area contributed by atoms with Crippen molar-refractivity contribution < 1.29 is 0 Å². The Balaban J connectivity index is 1.55. The number of rotatable bonds is 3. The summed E-state index contributed by atoms with van der Waals surface area (Å²) in [6.45, 7) is 0. The van der Waals surface area contributed by atoms with Gasteiger partial charge in [-0.25, -0.2) is 19.6 Å². The van der Waals surface area contributed by atoms with Crippen LogP contribution in [0.25, 0.3) is 27.6 Å². The molecule has 0 aliphatic carbocycles. The van der Waals surface area contributed by atoms with E-state index in [0.717, 1.165) is 27.8 Å². The van der Waals surface area contributed by atoms with Gasteiger partial charge >= 0.3 is 0 Å². The summed E-state index contributed by atoms with van der Waals surface area (Å²) in [6.07, 6.45) is 3.35. The average Bonchev–Trinajstić information content (AvgIpc) is 3.12. The van der Waals surface area contributed by atoms with Gasteiger partial charge in [0.15, 0.2) is 5.82 Å². The SMILES string of the molecule is Clc1ccc2ncnc(Nc3ccc4c(cnn4-c4ccccc4)c3)c2n1. The molecule has 0 aliphatic rings. The van der Waals surface area contributed by atoms with Gasteiger partial charge in [0.1, 0.15) is 17.0 Å². The molecule has 0 bridgehead atoms. The number of halogens is 1. The molecule has 7 heteroatoms. The maximum Gasteiger partial charge on any atom is 0.160 e. The van der Waals surface area contributed by atoms with E-state index in [-0.39, 0.29) is 0 Å². The van der Waals surface area contributed by atoms with Crippen LogP contribution in [0.3, 0.4) is 0 Å². The smallest absolute Gasteiger partial charge is 0.160 e. The summed E-state index contributed by atoms with van der Waals surface area (Å²) in [5.41, 5.74) is 4.30. The van der Waals surface area contributed by atoms with Crippen LogP contribution in [-0.2, 0) is 0 Å². The predicted molar refractivity (Wildman–Crippen MR) is 107 cm³/mol. The molecule has 0 saturated heterocycles. The predicted octanol–water partition coefficient (Wildman–Crippen LogP) is 4.76. The van der Waals surface area contributed by atoms with Gasteiger partial charge in [0.05, 0.1) is 22.9 Å². The van der Waals surface area contributed by atoms with E-state index in [9.17, 15) is 0 Å². The summed E-state index contributed by atoms with van der Waals surface area (Å²) < 4.78 is 1.92. The number of pyridine rings is 1. The van der Waals surface area contributed by atoms with Gasteiger partial charge in [-0.3, -0.25) is 0 Å². The number of nitrogens with one attached hydrogen (secondary N) is 1. The van der Waals surface area contributed by atoms with Crippen molar-refractivity contribution in [2.45, 2.75) is 0 Å². The molecule has 3 heterocycles. The van der Waals surface area contributed by atoms with Crippen LogP contribution in [0.2, 0.25) is 5.15 Å². The highest BCUT2D eigenvalue weighted by Crippen LogP contribution is 2.26. The minimum atomic E-state index is 0.403. The molecule has 0 amide bonds. The van der Waals surface area contributed by atoms with E-state index in [4.69, 9.17) is 11.6 Å². The van der Waals surface area contributed by atoms with Gasteiger partial charge in [-0.05, 0) is 42.5 Å². The van der Waals surface area contributed by atoms with Crippen LogP contribution in [0.4, 0.5) is 11.5 Å². The fourth-order valence-electron chi connectivity index (χ4n) is 3.03. The van der Waals surface area contributed by atoms with E-state index in [1.165, 1.54) is 6.33 Å². The van der Waals surface area contributed by atoms with Crippen molar-refractivity contribution >= 4 is 45.0 Å². The van der Waals surface area contributed by atoms with Crippen molar-refractivity contribution in [3.63, 3.8) is 0 Å². The monoisotopic (exact) mass is 372 g/mol. The molecular weight excluding hydrogens is 360 g/mol. The number of fused-ring (bicyclic) bond motifs is 2. The van der Waals surface area contributed by atoms with Crippen LogP contribution >= 0.6 is 11.6 Å². The number of benzene rings is 2. The number of hydrogen-bond acceptors (Lipinski definition) is 5. The molecule has 0 fully saturated rings. The van der Waals surface area contributed by atoms with E-state index >= 15 is 0 Å². The normalized spacial score (nSPS) is 11.1. The molecule has 5 rings (SSSR count). The lowest BCUT2D eigenvalue weighted by Crippen LogP contribution is -1.98. The zero-order valence-corrected chi connectivity index (χ0v) is 14.8. The van der Waals surface area contributed by atoms with Crippen molar-refractivity contribution in [2.24, 2.45) is 0 Å². The van der Waals surface area contributed by atoms with E-state index < -0.39 is 0 Å². The third-order valence-corrected chi connectivity index (χ3v) is 4.49. The zero-order valence-electron chi connectivity index (χ0n) is 14.0. The Morgan fingerprint density at radius 2 is 1.81 bits per heavy atom. The Hall–Kier alpha value is -3.51. The first-order valence-corrected chi connectivity index (χ1v) is 8.73. The molecule has 6 nitrogen and oxygen atoms in total. The first-order valence-electron chi connectivity index (χ1n) is 8.35. The summed E-state index contributed by atoms with van der Waals surface area (Å²) in [7, 11) is 0. The summed E-state index contributed by atoms with van der Waals surface area (Å²) in [5, 5.41) is 9.24. The fraction of sp³-hybridized carbons (Fsp3) is 0. The second kappa shape index (κ2) is 6.34. The van der Waals surface area contributed by atoms with Crippen LogP contribution in [0.1, 0.15) is 0 Å². The summed E-state index contributed by atoms with van der Waals surface area (Å²) in [5.74, 6) is 0.609. The third-order valence-electron chi connectivity index (χ3n) is 4.28. The van der Waals surface area contributed by atoms with Crippen LogP contribution in [0.15, 0.2) is 73.2 Å². The van der Waals surface area contributed by atoms with Crippen molar-refractivity contribution in [2.75, 3.05) is 5.32 Å². The topological polar surface area (TPSA) is 68.5 Å². The standard InChI is InChI=1S/C20H13ClN6/c21-18-9-7-16-19(26-18)20(23-12-22-16)25-14-6-8-17-13(10-14)11-24-27(17)15-4-2-1-3-5-15/h1-12H,(H,22,23,25). The largest absolute Gasteiger partial charge is 0.338 e. The lowest BCUT2D eigenvalue weighted by molar-refractivity contribution is 0.911. The van der Waals surface area contributed by atoms with Gasteiger partial charge in [-0.1, -0.05) is 29.8 Å². The van der Waals surface area contributed by atoms with Crippen LogP contribution in [0, 0.1) is 0 Å². The Labute approximate surface area is 159 Å². The van der Waals surface area contributed by atoms with Crippen molar-refractivity contribution in [3.8, 4) is 5.69 Å². The molecular formula is C20H13ClN6. The summed E-state index contributed by atoms with van der Waals surface area (Å²) in [4.78, 5) is 12.9. The second-order valence-electron chi connectivity index (χ2n) is 6.01. The highest BCUT2D eigenvalue weighted by molar-refractivity contribution is 6.29. The maximum atomic E-state index is 6.03. The van der Waals surface area contributed by atoms with Gasteiger partial charge in [0, 0.05) is 11.1 Å². The Bertz CT molecular complexity index is 1270. The molecule has 2 aromatic carbocycles. The fourth-order valence-corrected chi connectivity index (χ4v) is 3.18. The average molecular weight is 373 g/mol. The number of hydrogen-bond donors (Lipinski definition) is 1. The highest BCUT2D eigenvalue weighted by atomic mass is 35.5. The molecule has 0 atom stereocenters. The third kappa shape index (κ3) is 2.86. The maximum absolute atomic E-state index is 6.03. The first kappa shape index (κ1) is 15.7. The van der Waals surface area contributed by atoms with E-state index in [1.807, 2.05) is 65.5 Å². The van der Waals surface area contributed by atoms with Crippen LogP contribution < -0.4 is 5.32 Å². The molecule has 130 valence electrons. The lowest BCUT2D eigenvalue weighted by Gasteiger charge is -2.08. The number of para-hydroxylation sites is 1. The van der Waals surface area contributed by atoms with Crippen LogP contribution in [0.5, 0.6) is 0 Å². The molecule has 0 saturated carbocycles. The molecule has 0 aliphatic heterocycles. The first-order chi connectivity index (χ1) is 13.3. The van der Waals surface area contributed by atoms with Crippen molar-refractivity contribution in [3.05, 3.63) is 78.3 Å². The van der Waals surface area contributed by atoms with Gasteiger partial charge in [-0.15, -0.1) is 0 Å². The lowest BCUT2D eigenvalue weighted by atomic mass is 10.2. The number of anilines is 2. The van der Waals surface area contributed by atoms with Crippen molar-refractivity contribution in [1.29, 1.82) is 0 Å². The Kier molecular flexibility index (Phi) is 3.69. The van der Waals surface area contributed by atoms with Gasteiger partial charge in [-0.2, -0.15) is 5.10 Å². The van der Waals surface area contributed by atoms with Gasteiger partial charge < -0.3 is 5.32 Å². The summed E-state index contributed by atoms with van der Waals surface area (Å²) in [6, 6.07) is 19.6. The number of aromatic nitrogens is 5. The highest BCUT2D eigenvalue weighted by Gasteiger charge is 2.09. The zero-order chi connectivity index (χ0) is 18.2. The van der Waals surface area contributed by atoms with E-state index in [0.29, 0.717) is 16.5 Å². The summed E-state index contributed by atoms with van der Waals surface area (Å²) >= 11 is 6.03. The Morgan fingerprint density at radius 1 is 0.926 bits per heavy atom. The molecule has 1 N–H and O–H groups in total. The van der Waals surface area contributed by atoms with Crippen LogP contribution in [-0.4, -0.2) is 24.7 Å².